The molecular weight excluding hydrogens is 398 g/mol. The Morgan fingerprint density at radius 2 is 2.20 bits per heavy atom. The van der Waals surface area contributed by atoms with Gasteiger partial charge in [-0.15, -0.1) is 0 Å². The van der Waals surface area contributed by atoms with Crippen LogP contribution >= 0.6 is 11.6 Å². The first kappa shape index (κ1) is 20.7. The molecule has 0 bridgehead atoms. The van der Waals surface area contributed by atoms with E-state index >= 15 is 0 Å². The number of fused-ring (bicyclic) bond motifs is 1. The maximum atomic E-state index is 12.7. The third-order valence-electron chi connectivity index (χ3n) is 5.60. The molecule has 1 saturated heterocycles. The van der Waals surface area contributed by atoms with Gasteiger partial charge in [-0.3, -0.25) is 4.79 Å². The van der Waals surface area contributed by atoms with E-state index in [1.807, 2.05) is 41.0 Å². The van der Waals surface area contributed by atoms with Crippen molar-refractivity contribution in [1.29, 1.82) is 0 Å². The van der Waals surface area contributed by atoms with Crippen molar-refractivity contribution in [3.8, 4) is 11.3 Å². The van der Waals surface area contributed by atoms with E-state index in [1.165, 1.54) is 0 Å². The highest BCUT2D eigenvalue weighted by Crippen LogP contribution is 2.29. The second kappa shape index (κ2) is 9.04. The summed E-state index contributed by atoms with van der Waals surface area (Å²) in [5.41, 5.74) is 2.76. The standard InChI is InChI=1S/C23H28ClN5O/c1-16(2)8-9-26-23(30)18-6-4-11-28(15-18)22-21-14-20(27-29(21)12-10-25-22)17-5-3-7-19(24)13-17/h3,5,7,10,12-14,16,18H,4,6,8-9,11,15H2,1-2H3,(H,26,30)/t18-/m0/s1. The fourth-order valence-electron chi connectivity index (χ4n) is 3.95. The van der Waals surface area contributed by atoms with Gasteiger partial charge in [-0.05, 0) is 43.4 Å². The molecule has 0 saturated carbocycles. The summed E-state index contributed by atoms with van der Waals surface area (Å²) in [7, 11) is 0. The summed E-state index contributed by atoms with van der Waals surface area (Å²) in [6, 6.07) is 9.73. The molecular formula is C23H28ClN5O. The van der Waals surface area contributed by atoms with Gasteiger partial charge >= 0.3 is 0 Å². The second-order valence-corrected chi connectivity index (χ2v) is 8.82. The number of rotatable bonds is 6. The topological polar surface area (TPSA) is 62.5 Å². The zero-order valence-corrected chi connectivity index (χ0v) is 18.3. The molecule has 1 aliphatic rings. The fraction of sp³-hybridized carbons (Fsp3) is 0.435. The van der Waals surface area contributed by atoms with Crippen LogP contribution in [0.15, 0.2) is 42.7 Å². The van der Waals surface area contributed by atoms with Crippen LogP contribution in [0.4, 0.5) is 5.82 Å². The lowest BCUT2D eigenvalue weighted by atomic mass is 9.97. The van der Waals surface area contributed by atoms with E-state index in [4.69, 9.17) is 16.7 Å². The van der Waals surface area contributed by atoms with Gasteiger partial charge in [0.05, 0.1) is 11.6 Å². The van der Waals surface area contributed by atoms with Crippen LogP contribution in [0.5, 0.6) is 0 Å². The molecule has 0 aliphatic carbocycles. The van der Waals surface area contributed by atoms with Crippen molar-refractivity contribution in [2.24, 2.45) is 11.8 Å². The third-order valence-corrected chi connectivity index (χ3v) is 5.84. The highest BCUT2D eigenvalue weighted by atomic mass is 35.5. The Morgan fingerprint density at radius 3 is 3.00 bits per heavy atom. The maximum absolute atomic E-state index is 12.7. The molecule has 4 rings (SSSR count). The Bertz CT molecular complexity index is 1030. The van der Waals surface area contributed by atoms with Gasteiger partial charge in [0.15, 0.2) is 5.82 Å². The minimum Gasteiger partial charge on any atom is -0.356 e. The Balaban J connectivity index is 1.54. The van der Waals surface area contributed by atoms with Crippen molar-refractivity contribution in [3.63, 3.8) is 0 Å². The lowest BCUT2D eigenvalue weighted by Crippen LogP contribution is -2.43. The highest BCUT2D eigenvalue weighted by molar-refractivity contribution is 6.30. The number of aromatic nitrogens is 3. The van der Waals surface area contributed by atoms with Crippen LogP contribution in [0.2, 0.25) is 5.02 Å². The van der Waals surface area contributed by atoms with E-state index in [-0.39, 0.29) is 11.8 Å². The summed E-state index contributed by atoms with van der Waals surface area (Å²) >= 11 is 6.15. The SMILES string of the molecule is CC(C)CCNC(=O)[C@H]1CCCN(c2nccn3nc(-c4cccc(Cl)c4)cc23)C1. The monoisotopic (exact) mass is 425 g/mol. The molecule has 3 aromatic rings. The van der Waals surface area contributed by atoms with Crippen molar-refractivity contribution in [1.82, 2.24) is 19.9 Å². The molecule has 0 spiro atoms. The first-order valence-electron chi connectivity index (χ1n) is 10.6. The van der Waals surface area contributed by atoms with E-state index in [0.717, 1.165) is 54.9 Å². The van der Waals surface area contributed by atoms with E-state index < -0.39 is 0 Å². The number of amides is 1. The number of carbonyl (C=O) groups excluding carboxylic acids is 1. The number of piperidine rings is 1. The van der Waals surface area contributed by atoms with Crippen molar-refractivity contribution in [2.75, 3.05) is 24.5 Å². The molecule has 1 aliphatic heterocycles. The first-order valence-corrected chi connectivity index (χ1v) is 11.0. The van der Waals surface area contributed by atoms with Gasteiger partial charge in [0.1, 0.15) is 5.52 Å². The minimum absolute atomic E-state index is 0.0108. The predicted molar refractivity (Wildman–Crippen MR) is 121 cm³/mol. The lowest BCUT2D eigenvalue weighted by molar-refractivity contribution is -0.125. The van der Waals surface area contributed by atoms with Crippen LogP contribution in [0.1, 0.15) is 33.1 Å². The summed E-state index contributed by atoms with van der Waals surface area (Å²) in [5.74, 6) is 1.60. The molecule has 2 aromatic heterocycles. The highest BCUT2D eigenvalue weighted by Gasteiger charge is 2.27. The maximum Gasteiger partial charge on any atom is 0.224 e. The number of hydrogen-bond donors (Lipinski definition) is 1. The smallest absolute Gasteiger partial charge is 0.224 e. The van der Waals surface area contributed by atoms with Crippen LogP contribution in [0, 0.1) is 11.8 Å². The zero-order chi connectivity index (χ0) is 21.1. The van der Waals surface area contributed by atoms with Crippen LogP contribution < -0.4 is 10.2 Å². The molecule has 0 radical (unpaired) electrons. The average Bonchev–Trinajstić information content (AvgIpc) is 3.18. The van der Waals surface area contributed by atoms with Crippen LogP contribution in [-0.4, -0.2) is 40.1 Å². The molecule has 1 atom stereocenters. The molecule has 3 heterocycles. The van der Waals surface area contributed by atoms with Crippen molar-refractivity contribution < 1.29 is 4.79 Å². The molecule has 7 heteroatoms. The molecule has 1 aromatic carbocycles. The summed E-state index contributed by atoms with van der Waals surface area (Å²) in [6.45, 7) is 6.65. The van der Waals surface area contributed by atoms with E-state index in [9.17, 15) is 4.79 Å². The lowest BCUT2D eigenvalue weighted by Gasteiger charge is -2.33. The number of benzene rings is 1. The van der Waals surface area contributed by atoms with Gasteiger partial charge in [-0.2, -0.15) is 5.10 Å². The Labute approximate surface area is 182 Å². The molecule has 30 heavy (non-hydrogen) atoms. The number of hydrogen-bond acceptors (Lipinski definition) is 4. The Kier molecular flexibility index (Phi) is 6.23. The number of carbonyl (C=O) groups is 1. The van der Waals surface area contributed by atoms with Gasteiger partial charge in [-0.1, -0.05) is 37.6 Å². The van der Waals surface area contributed by atoms with Gasteiger partial charge in [0.25, 0.3) is 0 Å². The zero-order valence-electron chi connectivity index (χ0n) is 17.5. The summed E-state index contributed by atoms with van der Waals surface area (Å²) in [4.78, 5) is 19.5. The van der Waals surface area contributed by atoms with Gasteiger partial charge < -0.3 is 10.2 Å². The van der Waals surface area contributed by atoms with E-state index in [0.29, 0.717) is 17.5 Å². The minimum atomic E-state index is -0.0108. The van der Waals surface area contributed by atoms with Gasteiger partial charge in [0, 0.05) is 42.6 Å². The van der Waals surface area contributed by atoms with Gasteiger partial charge in [0.2, 0.25) is 5.91 Å². The number of nitrogens with zero attached hydrogens (tertiary/aromatic N) is 4. The number of anilines is 1. The number of halogens is 1. The first-order chi connectivity index (χ1) is 14.5. The van der Waals surface area contributed by atoms with E-state index in [1.54, 1.807) is 6.20 Å². The normalized spacial score (nSPS) is 16.9. The van der Waals surface area contributed by atoms with E-state index in [2.05, 4.69) is 29.0 Å². The predicted octanol–water partition coefficient (Wildman–Crippen LogP) is 4.43. The van der Waals surface area contributed by atoms with Crippen molar-refractivity contribution >= 4 is 28.8 Å². The molecule has 158 valence electrons. The van der Waals surface area contributed by atoms with Crippen LogP contribution in [-0.2, 0) is 4.79 Å². The Hall–Kier alpha value is -2.60. The van der Waals surface area contributed by atoms with Crippen LogP contribution in [0.3, 0.4) is 0 Å². The van der Waals surface area contributed by atoms with Crippen molar-refractivity contribution in [2.45, 2.75) is 33.1 Å². The van der Waals surface area contributed by atoms with Gasteiger partial charge in [-0.25, -0.2) is 9.50 Å². The molecule has 1 amide bonds. The molecule has 1 fully saturated rings. The summed E-state index contributed by atoms with van der Waals surface area (Å²) in [5, 5.41) is 8.50. The molecule has 6 nitrogen and oxygen atoms in total. The average molecular weight is 426 g/mol. The molecule has 1 N–H and O–H groups in total. The summed E-state index contributed by atoms with van der Waals surface area (Å²) < 4.78 is 1.85. The Morgan fingerprint density at radius 1 is 1.33 bits per heavy atom. The fourth-order valence-corrected chi connectivity index (χ4v) is 4.14. The quantitative estimate of drug-likeness (QED) is 0.634. The second-order valence-electron chi connectivity index (χ2n) is 8.38. The van der Waals surface area contributed by atoms with Crippen LogP contribution in [0.25, 0.3) is 16.8 Å². The number of nitrogens with one attached hydrogen (secondary N) is 1. The largest absolute Gasteiger partial charge is 0.356 e. The molecule has 0 unspecified atom stereocenters. The third kappa shape index (κ3) is 4.59. The summed E-state index contributed by atoms with van der Waals surface area (Å²) in [6.07, 6.45) is 6.52. The van der Waals surface area contributed by atoms with Crippen molar-refractivity contribution in [3.05, 3.63) is 47.7 Å².